The lowest BCUT2D eigenvalue weighted by atomic mass is 10.1. The van der Waals surface area contributed by atoms with E-state index in [-0.39, 0.29) is 5.56 Å². The van der Waals surface area contributed by atoms with E-state index in [4.69, 9.17) is 39.9 Å². The molecule has 1 aromatic heterocycles. The van der Waals surface area contributed by atoms with Crippen molar-refractivity contribution in [2.24, 2.45) is 0 Å². The Morgan fingerprint density at radius 3 is 2.18 bits per heavy atom. The molecule has 17 heavy (non-hydrogen) atoms. The summed E-state index contributed by atoms with van der Waals surface area (Å²) in [6, 6.07) is 4.68. The number of carbonyl (C=O) groups is 1. The van der Waals surface area contributed by atoms with Gasteiger partial charge in [0.25, 0.3) is 0 Å². The average Bonchev–Trinajstić information content (AvgIpc) is 2.65. The van der Waals surface area contributed by atoms with Crippen LogP contribution in [0.2, 0.25) is 15.1 Å². The van der Waals surface area contributed by atoms with Gasteiger partial charge in [0.05, 0.1) is 15.6 Å². The molecule has 6 heteroatoms. The molecule has 2 nitrogen and oxygen atoms in total. The van der Waals surface area contributed by atoms with E-state index < -0.39 is 5.97 Å². The molecule has 0 spiro atoms. The van der Waals surface area contributed by atoms with Gasteiger partial charge in [0.15, 0.2) is 0 Å². The van der Waals surface area contributed by atoms with Crippen LogP contribution in [0.15, 0.2) is 23.6 Å². The predicted molar refractivity (Wildman–Crippen MR) is 71.7 cm³/mol. The third-order valence-corrected chi connectivity index (χ3v) is 3.86. The Labute approximate surface area is 116 Å². The van der Waals surface area contributed by atoms with Crippen molar-refractivity contribution < 1.29 is 9.90 Å². The van der Waals surface area contributed by atoms with Gasteiger partial charge >= 0.3 is 5.97 Å². The summed E-state index contributed by atoms with van der Waals surface area (Å²) in [6.07, 6.45) is 0. The van der Waals surface area contributed by atoms with Crippen molar-refractivity contribution in [3.8, 4) is 10.4 Å². The van der Waals surface area contributed by atoms with E-state index in [1.165, 1.54) is 17.4 Å². The van der Waals surface area contributed by atoms with E-state index in [0.29, 0.717) is 25.5 Å². The van der Waals surface area contributed by atoms with Gasteiger partial charge in [-0.3, -0.25) is 0 Å². The Hall–Kier alpha value is -0.740. The van der Waals surface area contributed by atoms with Crippen molar-refractivity contribution >= 4 is 52.1 Å². The number of carboxylic acid groups (broad SMARTS) is 1. The number of halogens is 3. The Kier molecular flexibility index (Phi) is 3.64. The van der Waals surface area contributed by atoms with Gasteiger partial charge in [0.1, 0.15) is 0 Å². The first-order valence-corrected chi connectivity index (χ1v) is 6.47. The largest absolute Gasteiger partial charge is 0.478 e. The standard InChI is InChI=1S/C11H5Cl3O2S/c12-6-2-7(13)10(8(14)3-6)9-1-5(4-17-9)11(15)16/h1-4H,(H,15,16). The maximum Gasteiger partial charge on any atom is 0.336 e. The molecule has 1 aromatic carbocycles. The van der Waals surface area contributed by atoms with E-state index >= 15 is 0 Å². The van der Waals surface area contributed by atoms with Gasteiger partial charge < -0.3 is 5.11 Å². The average molecular weight is 308 g/mol. The summed E-state index contributed by atoms with van der Waals surface area (Å²) in [5.41, 5.74) is 0.822. The molecule has 0 aliphatic heterocycles. The Morgan fingerprint density at radius 1 is 1.12 bits per heavy atom. The SMILES string of the molecule is O=C(O)c1csc(-c2c(Cl)cc(Cl)cc2Cl)c1. The maximum absolute atomic E-state index is 10.8. The van der Waals surface area contributed by atoms with Crippen LogP contribution in [-0.4, -0.2) is 11.1 Å². The second-order valence-corrected chi connectivity index (χ2v) is 5.41. The summed E-state index contributed by atoms with van der Waals surface area (Å²) in [7, 11) is 0. The van der Waals surface area contributed by atoms with E-state index in [9.17, 15) is 4.79 Å². The van der Waals surface area contributed by atoms with Crippen LogP contribution in [0, 0.1) is 0 Å². The number of thiophene rings is 1. The smallest absolute Gasteiger partial charge is 0.336 e. The lowest BCUT2D eigenvalue weighted by molar-refractivity contribution is 0.0697. The fourth-order valence-corrected chi connectivity index (χ4v) is 3.45. The van der Waals surface area contributed by atoms with Crippen molar-refractivity contribution in [3.05, 3.63) is 44.2 Å². The Bertz CT molecular complexity index is 569. The molecule has 0 aliphatic carbocycles. The van der Waals surface area contributed by atoms with Crippen LogP contribution in [0.4, 0.5) is 0 Å². The Balaban J connectivity index is 2.56. The van der Waals surface area contributed by atoms with Crippen LogP contribution >= 0.6 is 46.1 Å². The molecular formula is C11H5Cl3O2S. The molecule has 1 heterocycles. The summed E-state index contributed by atoms with van der Waals surface area (Å²) >= 11 is 19.2. The number of hydrogen-bond donors (Lipinski definition) is 1. The highest BCUT2D eigenvalue weighted by atomic mass is 35.5. The van der Waals surface area contributed by atoms with E-state index in [2.05, 4.69) is 0 Å². The molecule has 0 bridgehead atoms. The third-order valence-electron chi connectivity index (χ3n) is 2.10. The van der Waals surface area contributed by atoms with Gasteiger partial charge in [-0.05, 0) is 18.2 Å². The van der Waals surface area contributed by atoms with Gasteiger partial charge in [0.2, 0.25) is 0 Å². The minimum atomic E-state index is -0.978. The molecule has 2 rings (SSSR count). The fourth-order valence-electron chi connectivity index (χ4n) is 1.36. The highest BCUT2D eigenvalue weighted by molar-refractivity contribution is 7.14. The molecular weight excluding hydrogens is 303 g/mol. The first-order valence-electron chi connectivity index (χ1n) is 4.46. The summed E-state index contributed by atoms with van der Waals surface area (Å²) in [6.45, 7) is 0. The first kappa shape index (κ1) is 12.7. The summed E-state index contributed by atoms with van der Waals surface area (Å²) in [5.74, 6) is -0.978. The first-order chi connectivity index (χ1) is 7.99. The van der Waals surface area contributed by atoms with Crippen LogP contribution < -0.4 is 0 Å². The number of aromatic carboxylic acids is 1. The van der Waals surface area contributed by atoms with E-state index in [1.54, 1.807) is 17.5 Å². The molecule has 88 valence electrons. The maximum atomic E-state index is 10.8. The lowest BCUT2D eigenvalue weighted by Gasteiger charge is -2.04. The fraction of sp³-hybridized carbons (Fsp3) is 0. The van der Waals surface area contributed by atoms with E-state index in [1.807, 2.05) is 0 Å². The molecule has 0 amide bonds. The van der Waals surface area contributed by atoms with Crippen molar-refractivity contribution in [1.82, 2.24) is 0 Å². The minimum Gasteiger partial charge on any atom is -0.478 e. The van der Waals surface area contributed by atoms with Crippen LogP contribution in [0.3, 0.4) is 0 Å². The zero-order valence-corrected chi connectivity index (χ0v) is 11.3. The second kappa shape index (κ2) is 4.86. The van der Waals surface area contributed by atoms with Crippen molar-refractivity contribution in [2.75, 3.05) is 0 Å². The highest BCUT2D eigenvalue weighted by Gasteiger charge is 2.14. The molecule has 0 unspecified atom stereocenters. The van der Waals surface area contributed by atoms with E-state index in [0.717, 1.165) is 0 Å². The molecule has 0 atom stereocenters. The second-order valence-electron chi connectivity index (χ2n) is 3.25. The molecule has 0 radical (unpaired) electrons. The Morgan fingerprint density at radius 2 is 1.71 bits per heavy atom. The van der Waals surface area contributed by atoms with Crippen LogP contribution in [-0.2, 0) is 0 Å². The summed E-state index contributed by atoms with van der Waals surface area (Å²) in [4.78, 5) is 11.5. The highest BCUT2D eigenvalue weighted by Crippen LogP contribution is 2.40. The normalized spacial score (nSPS) is 10.5. The monoisotopic (exact) mass is 306 g/mol. The number of hydrogen-bond acceptors (Lipinski definition) is 2. The van der Waals surface area contributed by atoms with Crippen molar-refractivity contribution in [1.29, 1.82) is 0 Å². The summed E-state index contributed by atoms with van der Waals surface area (Å²) in [5, 5.41) is 11.6. The zero-order chi connectivity index (χ0) is 12.6. The number of rotatable bonds is 2. The van der Waals surface area contributed by atoms with Gasteiger partial charge in [-0.25, -0.2) is 4.79 Å². The topological polar surface area (TPSA) is 37.3 Å². The van der Waals surface area contributed by atoms with Gasteiger partial charge in [-0.2, -0.15) is 0 Å². The third kappa shape index (κ3) is 2.58. The van der Waals surface area contributed by atoms with Crippen molar-refractivity contribution in [2.45, 2.75) is 0 Å². The summed E-state index contributed by atoms with van der Waals surface area (Å²) < 4.78 is 0. The zero-order valence-electron chi connectivity index (χ0n) is 8.21. The van der Waals surface area contributed by atoms with Crippen LogP contribution in [0.1, 0.15) is 10.4 Å². The van der Waals surface area contributed by atoms with Crippen LogP contribution in [0.5, 0.6) is 0 Å². The molecule has 2 aromatic rings. The quantitative estimate of drug-likeness (QED) is 0.840. The molecule has 0 saturated carbocycles. The predicted octanol–water partition coefficient (Wildman–Crippen LogP) is 5.07. The minimum absolute atomic E-state index is 0.215. The molecule has 0 fully saturated rings. The van der Waals surface area contributed by atoms with Gasteiger partial charge in [-0.15, -0.1) is 11.3 Å². The molecule has 0 aliphatic rings. The van der Waals surface area contributed by atoms with Gasteiger partial charge in [-0.1, -0.05) is 34.8 Å². The van der Waals surface area contributed by atoms with Crippen molar-refractivity contribution in [3.63, 3.8) is 0 Å². The number of benzene rings is 1. The molecule has 1 N–H and O–H groups in total. The number of carboxylic acids is 1. The lowest BCUT2D eigenvalue weighted by Crippen LogP contribution is -1.91. The van der Waals surface area contributed by atoms with Gasteiger partial charge in [0, 0.05) is 20.8 Å². The molecule has 0 saturated heterocycles. The van der Waals surface area contributed by atoms with Crippen LogP contribution in [0.25, 0.3) is 10.4 Å².